The quantitative estimate of drug-likeness (QED) is 0.330. The van der Waals surface area contributed by atoms with Crippen LogP contribution in [0.1, 0.15) is 65.5 Å². The fraction of sp³-hybridized carbons (Fsp3) is 0.483. The van der Waals surface area contributed by atoms with Gasteiger partial charge in [-0.15, -0.1) is 0 Å². The molecule has 2 N–H and O–H groups in total. The van der Waals surface area contributed by atoms with E-state index in [-0.39, 0.29) is 22.3 Å². The smallest absolute Gasteiger partial charge is 0.416 e. The van der Waals surface area contributed by atoms with E-state index in [4.69, 9.17) is 0 Å². The van der Waals surface area contributed by atoms with Gasteiger partial charge in [-0.25, -0.2) is 15.0 Å². The van der Waals surface area contributed by atoms with Crippen molar-refractivity contribution < 1.29 is 27.9 Å². The first-order chi connectivity index (χ1) is 20.0. The molecule has 2 aliphatic heterocycles. The summed E-state index contributed by atoms with van der Waals surface area (Å²) in [7, 11) is 0. The van der Waals surface area contributed by atoms with Gasteiger partial charge >= 0.3 is 12.1 Å². The number of anilines is 2. The summed E-state index contributed by atoms with van der Waals surface area (Å²) in [5, 5.41) is 12.2. The number of alkyl halides is 3. The summed E-state index contributed by atoms with van der Waals surface area (Å²) in [6.45, 7) is 6.06. The Morgan fingerprint density at radius 1 is 1.12 bits per heavy atom. The van der Waals surface area contributed by atoms with Crippen molar-refractivity contribution in [3.63, 3.8) is 0 Å². The number of carbonyl (C=O) groups is 2. The molecule has 2 saturated heterocycles. The number of amides is 1. The highest BCUT2D eigenvalue weighted by Gasteiger charge is 2.33. The molecule has 2 aromatic heterocycles. The van der Waals surface area contributed by atoms with Crippen molar-refractivity contribution in [3.05, 3.63) is 52.3 Å². The lowest BCUT2D eigenvalue weighted by atomic mass is 9.97. The van der Waals surface area contributed by atoms with E-state index in [1.165, 1.54) is 36.7 Å². The van der Waals surface area contributed by atoms with Crippen LogP contribution in [-0.4, -0.2) is 62.5 Å². The van der Waals surface area contributed by atoms with Crippen LogP contribution >= 0.6 is 11.3 Å². The van der Waals surface area contributed by atoms with Crippen molar-refractivity contribution in [1.82, 2.24) is 19.9 Å². The Hall–Kier alpha value is -3.58. The number of aliphatic carboxylic acids is 1. The van der Waals surface area contributed by atoms with Crippen LogP contribution in [0.25, 0.3) is 11.3 Å². The molecule has 1 amide bonds. The maximum atomic E-state index is 13.7. The minimum absolute atomic E-state index is 0.0674. The zero-order chi connectivity index (χ0) is 30.0. The summed E-state index contributed by atoms with van der Waals surface area (Å²) in [5.41, 5.74) is 0.268. The second-order valence-electron chi connectivity index (χ2n) is 10.8. The molecule has 2 aliphatic rings. The highest BCUT2D eigenvalue weighted by atomic mass is 32.1. The summed E-state index contributed by atoms with van der Waals surface area (Å²) in [6, 6.07) is 4.61. The molecule has 9 nitrogen and oxygen atoms in total. The number of carbonyl (C=O) groups excluding carboxylic acids is 1. The van der Waals surface area contributed by atoms with Gasteiger partial charge in [0.1, 0.15) is 11.5 Å². The fourth-order valence-corrected chi connectivity index (χ4v) is 6.69. The molecule has 42 heavy (non-hydrogen) atoms. The third-order valence-corrected chi connectivity index (χ3v) is 9.05. The lowest BCUT2D eigenvalue weighted by molar-refractivity contribution is -0.142. The second kappa shape index (κ2) is 12.3. The first-order valence-corrected chi connectivity index (χ1v) is 14.9. The number of hydrogen-bond donors (Lipinski definition) is 2. The molecule has 0 unspecified atom stereocenters. The van der Waals surface area contributed by atoms with Crippen LogP contribution in [0.3, 0.4) is 0 Å². The van der Waals surface area contributed by atoms with Gasteiger partial charge in [-0.2, -0.15) is 13.2 Å². The number of aryl methyl sites for hydroxylation is 1. The molecule has 1 aromatic carbocycles. The number of hydrogen-bond acceptors (Lipinski definition) is 8. The number of nitrogens with zero attached hydrogens (tertiary/aromatic N) is 5. The number of carboxylic acids is 1. The standard InChI is InChI=1S/C29H33F3N6O3S/c1-3-20-5-4-10-38(20)16-23-25(19-7-6-17(2)21(13-19)29(30,31)32)35-28(42-23)36-26(39)22-14-34-24(15-33-22)37-11-8-18(9-12-37)27(40)41/h6-7,13-15,18,20H,3-5,8-12,16H2,1-2H3,(H,40,41)(H,35,36,39)/t20-/m1/s1. The van der Waals surface area contributed by atoms with Gasteiger partial charge in [0.2, 0.25) is 0 Å². The number of likely N-dealkylation sites (tertiary alicyclic amines) is 1. The van der Waals surface area contributed by atoms with Crippen LogP contribution in [0.4, 0.5) is 24.1 Å². The van der Waals surface area contributed by atoms with Crippen LogP contribution < -0.4 is 10.2 Å². The zero-order valence-electron chi connectivity index (χ0n) is 23.4. The summed E-state index contributed by atoms with van der Waals surface area (Å²) < 4.78 is 41.1. The Morgan fingerprint density at radius 2 is 1.88 bits per heavy atom. The number of benzene rings is 1. The SMILES string of the molecule is CC[C@@H]1CCCN1Cc1sc(NC(=O)c2cnc(N3CCC(C(=O)O)CC3)cn2)nc1-c1ccc(C)c(C(F)(F)F)c1. The van der Waals surface area contributed by atoms with Gasteiger partial charge in [0.25, 0.3) is 5.91 Å². The molecule has 13 heteroatoms. The van der Waals surface area contributed by atoms with Crippen LogP contribution in [0.2, 0.25) is 0 Å². The average Bonchev–Trinajstić information content (AvgIpc) is 3.59. The molecule has 0 bridgehead atoms. The van der Waals surface area contributed by atoms with Crippen molar-refractivity contribution in [2.75, 3.05) is 29.9 Å². The van der Waals surface area contributed by atoms with E-state index in [0.29, 0.717) is 55.6 Å². The van der Waals surface area contributed by atoms with Gasteiger partial charge in [-0.05, 0) is 57.2 Å². The van der Waals surface area contributed by atoms with Crippen LogP contribution in [0.5, 0.6) is 0 Å². The zero-order valence-corrected chi connectivity index (χ0v) is 24.3. The Bertz CT molecular complexity index is 1440. The Balaban J connectivity index is 1.36. The Labute approximate surface area is 245 Å². The number of aromatic nitrogens is 3. The van der Waals surface area contributed by atoms with E-state index >= 15 is 0 Å². The monoisotopic (exact) mass is 602 g/mol. The van der Waals surface area contributed by atoms with Crippen LogP contribution in [0, 0.1) is 12.8 Å². The maximum absolute atomic E-state index is 13.7. The van der Waals surface area contributed by atoms with Gasteiger partial charge in [-0.1, -0.05) is 30.4 Å². The summed E-state index contributed by atoms with van der Waals surface area (Å²) in [5.74, 6) is -1.14. The van der Waals surface area contributed by atoms with Gasteiger partial charge in [-0.3, -0.25) is 19.8 Å². The molecule has 4 heterocycles. The van der Waals surface area contributed by atoms with Crippen molar-refractivity contribution in [1.29, 1.82) is 0 Å². The molecule has 0 saturated carbocycles. The molecule has 0 aliphatic carbocycles. The van der Waals surface area contributed by atoms with Gasteiger partial charge in [0, 0.05) is 36.1 Å². The maximum Gasteiger partial charge on any atom is 0.416 e. The average molecular weight is 603 g/mol. The van der Waals surface area contributed by atoms with E-state index in [9.17, 15) is 27.9 Å². The van der Waals surface area contributed by atoms with Gasteiger partial charge in [0.15, 0.2) is 5.13 Å². The van der Waals surface area contributed by atoms with Crippen molar-refractivity contribution in [2.45, 2.75) is 64.7 Å². The number of carboxylic acid groups (broad SMARTS) is 1. The lowest BCUT2D eigenvalue weighted by Gasteiger charge is -2.30. The van der Waals surface area contributed by atoms with Crippen molar-refractivity contribution in [3.8, 4) is 11.3 Å². The normalized spacial score (nSPS) is 18.4. The molecular weight excluding hydrogens is 569 g/mol. The molecular formula is C29H33F3N6O3S. The third-order valence-electron chi connectivity index (χ3n) is 8.09. The first-order valence-electron chi connectivity index (χ1n) is 14.1. The number of thiazole rings is 1. The predicted molar refractivity (Wildman–Crippen MR) is 154 cm³/mol. The van der Waals surface area contributed by atoms with E-state index in [1.807, 2.05) is 4.90 Å². The summed E-state index contributed by atoms with van der Waals surface area (Å²) >= 11 is 1.25. The van der Waals surface area contributed by atoms with E-state index in [1.54, 1.807) is 6.07 Å². The second-order valence-corrected chi connectivity index (χ2v) is 11.9. The van der Waals surface area contributed by atoms with E-state index < -0.39 is 23.6 Å². The number of piperidine rings is 1. The molecule has 0 radical (unpaired) electrons. The highest BCUT2D eigenvalue weighted by Crippen LogP contribution is 2.38. The van der Waals surface area contributed by atoms with Crippen molar-refractivity contribution >= 4 is 34.2 Å². The first kappa shape index (κ1) is 29.9. The number of rotatable bonds is 8. The van der Waals surface area contributed by atoms with E-state index in [2.05, 4.69) is 32.1 Å². The van der Waals surface area contributed by atoms with Crippen LogP contribution in [0.15, 0.2) is 30.6 Å². The van der Waals surface area contributed by atoms with Crippen molar-refractivity contribution in [2.24, 2.45) is 5.92 Å². The highest BCUT2D eigenvalue weighted by molar-refractivity contribution is 7.16. The molecule has 5 rings (SSSR count). The van der Waals surface area contributed by atoms with Crippen LogP contribution in [-0.2, 0) is 17.5 Å². The molecule has 1 atom stereocenters. The summed E-state index contributed by atoms with van der Waals surface area (Å²) in [4.78, 5) is 42.5. The molecule has 2 fully saturated rings. The minimum Gasteiger partial charge on any atom is -0.481 e. The lowest BCUT2D eigenvalue weighted by Crippen LogP contribution is -2.36. The molecule has 0 spiro atoms. The molecule has 3 aromatic rings. The Kier molecular flexibility index (Phi) is 8.78. The fourth-order valence-electron chi connectivity index (χ4n) is 5.68. The van der Waals surface area contributed by atoms with Gasteiger partial charge < -0.3 is 10.0 Å². The summed E-state index contributed by atoms with van der Waals surface area (Å²) in [6.07, 6.45) is 2.48. The largest absolute Gasteiger partial charge is 0.481 e. The third kappa shape index (κ3) is 6.57. The Morgan fingerprint density at radius 3 is 2.52 bits per heavy atom. The van der Waals surface area contributed by atoms with Gasteiger partial charge in [0.05, 0.1) is 29.6 Å². The number of nitrogens with one attached hydrogen (secondary N) is 1. The van der Waals surface area contributed by atoms with E-state index in [0.717, 1.165) is 36.8 Å². The number of halogens is 3. The topological polar surface area (TPSA) is 112 Å². The predicted octanol–water partition coefficient (Wildman–Crippen LogP) is 5.86. The molecule has 224 valence electrons. The minimum atomic E-state index is -4.49.